The van der Waals surface area contributed by atoms with Gasteiger partial charge in [-0.15, -0.1) is 0 Å². The smallest absolute Gasteiger partial charge is 0.317 e. The van der Waals surface area contributed by atoms with Gasteiger partial charge in [-0.1, -0.05) is 51.1 Å². The van der Waals surface area contributed by atoms with Gasteiger partial charge in [-0.3, -0.25) is 14.5 Å². The Morgan fingerprint density at radius 2 is 1.82 bits per heavy atom. The second-order valence-electron chi connectivity index (χ2n) is 5.80. The maximum atomic E-state index is 12.3. The first-order valence-electron chi connectivity index (χ1n) is 7.72. The lowest BCUT2D eigenvalue weighted by Gasteiger charge is -2.25. The Kier molecular flexibility index (Phi) is 7.60. The Bertz CT molecular complexity index is 474. The minimum atomic E-state index is -0.912. The maximum absolute atomic E-state index is 12.3. The minimum absolute atomic E-state index is 0.0676. The SMILES string of the molecule is CCCN(CC(=O)O)CC(=O)NC(c1ccccc1)C(C)C. The summed E-state index contributed by atoms with van der Waals surface area (Å²) in [7, 11) is 0. The van der Waals surface area contributed by atoms with Crippen molar-refractivity contribution in [3.63, 3.8) is 0 Å². The molecule has 0 bridgehead atoms. The number of benzene rings is 1. The lowest BCUT2D eigenvalue weighted by Crippen LogP contribution is -2.42. The summed E-state index contributed by atoms with van der Waals surface area (Å²) in [5.41, 5.74) is 1.06. The van der Waals surface area contributed by atoms with Crippen molar-refractivity contribution >= 4 is 11.9 Å². The highest BCUT2D eigenvalue weighted by Crippen LogP contribution is 2.21. The van der Waals surface area contributed by atoms with Gasteiger partial charge < -0.3 is 10.4 Å². The van der Waals surface area contributed by atoms with Gasteiger partial charge in [0.1, 0.15) is 0 Å². The molecule has 22 heavy (non-hydrogen) atoms. The van der Waals surface area contributed by atoms with E-state index in [-0.39, 0.29) is 31.0 Å². The zero-order chi connectivity index (χ0) is 16.5. The third-order valence-corrected chi connectivity index (χ3v) is 3.41. The molecule has 0 fully saturated rings. The number of carboxylic acids is 1. The lowest BCUT2D eigenvalue weighted by molar-refractivity contribution is -0.138. The van der Waals surface area contributed by atoms with E-state index in [9.17, 15) is 9.59 Å². The highest BCUT2D eigenvalue weighted by Gasteiger charge is 2.20. The van der Waals surface area contributed by atoms with E-state index in [1.54, 1.807) is 4.90 Å². The molecule has 0 aliphatic heterocycles. The van der Waals surface area contributed by atoms with Crippen molar-refractivity contribution in [2.45, 2.75) is 33.2 Å². The van der Waals surface area contributed by atoms with Crippen LogP contribution in [0.15, 0.2) is 30.3 Å². The van der Waals surface area contributed by atoms with Crippen LogP contribution < -0.4 is 5.32 Å². The van der Waals surface area contributed by atoms with E-state index in [2.05, 4.69) is 19.2 Å². The number of nitrogens with zero attached hydrogens (tertiary/aromatic N) is 1. The van der Waals surface area contributed by atoms with Gasteiger partial charge >= 0.3 is 5.97 Å². The van der Waals surface area contributed by atoms with Gasteiger partial charge in [-0.2, -0.15) is 0 Å². The highest BCUT2D eigenvalue weighted by molar-refractivity contribution is 5.79. The second-order valence-corrected chi connectivity index (χ2v) is 5.80. The third-order valence-electron chi connectivity index (χ3n) is 3.41. The molecule has 0 aliphatic carbocycles. The van der Waals surface area contributed by atoms with Crippen LogP contribution in [0.25, 0.3) is 0 Å². The number of carboxylic acid groups (broad SMARTS) is 1. The summed E-state index contributed by atoms with van der Waals surface area (Å²) in [6, 6.07) is 9.76. The van der Waals surface area contributed by atoms with Gasteiger partial charge in [0.2, 0.25) is 5.91 Å². The largest absolute Gasteiger partial charge is 0.480 e. The molecular formula is C17H26N2O3. The standard InChI is InChI=1S/C17H26N2O3/c1-4-10-19(12-16(21)22)11-15(20)18-17(13(2)3)14-8-6-5-7-9-14/h5-9,13,17H,4,10-12H2,1-3H3,(H,18,20)(H,21,22). The molecule has 0 spiro atoms. The predicted molar refractivity (Wildman–Crippen MR) is 86.5 cm³/mol. The average Bonchev–Trinajstić information content (AvgIpc) is 2.45. The average molecular weight is 306 g/mol. The molecule has 1 unspecified atom stereocenters. The number of rotatable bonds is 9. The van der Waals surface area contributed by atoms with Crippen LogP contribution in [-0.4, -0.2) is 41.5 Å². The van der Waals surface area contributed by atoms with E-state index < -0.39 is 5.97 Å². The Labute approximate surface area is 132 Å². The van der Waals surface area contributed by atoms with Gasteiger partial charge in [-0.05, 0) is 24.4 Å². The van der Waals surface area contributed by atoms with Gasteiger partial charge in [0.15, 0.2) is 0 Å². The van der Waals surface area contributed by atoms with Crippen molar-refractivity contribution in [3.05, 3.63) is 35.9 Å². The lowest BCUT2D eigenvalue weighted by atomic mass is 9.96. The molecule has 2 N–H and O–H groups in total. The van der Waals surface area contributed by atoms with Crippen molar-refractivity contribution in [3.8, 4) is 0 Å². The summed E-state index contributed by atoms with van der Waals surface area (Å²) in [6.07, 6.45) is 0.812. The zero-order valence-electron chi connectivity index (χ0n) is 13.6. The first kappa shape index (κ1) is 18.2. The van der Waals surface area contributed by atoms with Crippen molar-refractivity contribution in [1.82, 2.24) is 10.2 Å². The fraction of sp³-hybridized carbons (Fsp3) is 0.529. The number of hydrogen-bond acceptors (Lipinski definition) is 3. The predicted octanol–water partition coefficient (Wildman–Crippen LogP) is 2.30. The van der Waals surface area contributed by atoms with Crippen LogP contribution in [0, 0.1) is 5.92 Å². The summed E-state index contributed by atoms with van der Waals surface area (Å²) in [6.45, 7) is 6.66. The summed E-state index contributed by atoms with van der Waals surface area (Å²) < 4.78 is 0. The van der Waals surface area contributed by atoms with E-state index in [4.69, 9.17) is 5.11 Å². The van der Waals surface area contributed by atoms with Crippen LogP contribution in [-0.2, 0) is 9.59 Å². The molecule has 5 heteroatoms. The van der Waals surface area contributed by atoms with E-state index in [0.29, 0.717) is 6.54 Å². The number of nitrogens with one attached hydrogen (secondary N) is 1. The van der Waals surface area contributed by atoms with Gasteiger partial charge in [0, 0.05) is 0 Å². The molecule has 1 aromatic carbocycles. The monoisotopic (exact) mass is 306 g/mol. The molecule has 0 aromatic heterocycles. The number of carbonyl (C=O) groups is 2. The third kappa shape index (κ3) is 6.26. The Hall–Kier alpha value is -1.88. The number of aliphatic carboxylic acids is 1. The fourth-order valence-electron chi connectivity index (χ4n) is 2.44. The molecule has 1 aromatic rings. The zero-order valence-corrected chi connectivity index (χ0v) is 13.6. The molecule has 0 saturated carbocycles. The molecule has 1 atom stereocenters. The molecule has 0 saturated heterocycles. The molecule has 0 radical (unpaired) electrons. The van der Waals surface area contributed by atoms with E-state index in [0.717, 1.165) is 12.0 Å². The summed E-state index contributed by atoms with van der Waals surface area (Å²) in [5.74, 6) is -0.799. The summed E-state index contributed by atoms with van der Waals surface area (Å²) in [5, 5.41) is 11.9. The Morgan fingerprint density at radius 1 is 1.18 bits per heavy atom. The van der Waals surface area contributed by atoms with E-state index in [1.807, 2.05) is 37.3 Å². The van der Waals surface area contributed by atoms with Crippen molar-refractivity contribution in [1.29, 1.82) is 0 Å². The van der Waals surface area contributed by atoms with Crippen LogP contribution >= 0.6 is 0 Å². The molecule has 1 amide bonds. The van der Waals surface area contributed by atoms with Crippen molar-refractivity contribution in [2.75, 3.05) is 19.6 Å². The molecule has 0 heterocycles. The molecule has 5 nitrogen and oxygen atoms in total. The molecule has 122 valence electrons. The van der Waals surface area contributed by atoms with E-state index >= 15 is 0 Å². The number of amides is 1. The van der Waals surface area contributed by atoms with Crippen molar-refractivity contribution < 1.29 is 14.7 Å². The first-order chi connectivity index (χ1) is 10.4. The molecular weight excluding hydrogens is 280 g/mol. The van der Waals surface area contributed by atoms with Crippen LogP contribution in [0.3, 0.4) is 0 Å². The normalized spacial score (nSPS) is 12.4. The quantitative estimate of drug-likeness (QED) is 0.734. The second kappa shape index (κ2) is 9.20. The number of hydrogen-bond donors (Lipinski definition) is 2. The van der Waals surface area contributed by atoms with Crippen molar-refractivity contribution in [2.24, 2.45) is 5.92 Å². The Balaban J connectivity index is 2.68. The summed E-state index contributed by atoms with van der Waals surface area (Å²) >= 11 is 0. The minimum Gasteiger partial charge on any atom is -0.480 e. The van der Waals surface area contributed by atoms with Gasteiger partial charge in [-0.25, -0.2) is 0 Å². The van der Waals surface area contributed by atoms with Gasteiger partial charge in [0.05, 0.1) is 19.1 Å². The maximum Gasteiger partial charge on any atom is 0.317 e. The first-order valence-corrected chi connectivity index (χ1v) is 7.72. The highest BCUT2D eigenvalue weighted by atomic mass is 16.4. The number of carbonyl (C=O) groups excluding carboxylic acids is 1. The fourth-order valence-corrected chi connectivity index (χ4v) is 2.44. The molecule has 1 rings (SSSR count). The van der Waals surface area contributed by atoms with Crippen LogP contribution in [0.4, 0.5) is 0 Å². The van der Waals surface area contributed by atoms with Crippen LogP contribution in [0.1, 0.15) is 38.8 Å². The van der Waals surface area contributed by atoms with E-state index in [1.165, 1.54) is 0 Å². The Morgan fingerprint density at radius 3 is 2.32 bits per heavy atom. The van der Waals surface area contributed by atoms with Gasteiger partial charge in [0.25, 0.3) is 0 Å². The van der Waals surface area contributed by atoms with Crippen LogP contribution in [0.2, 0.25) is 0 Å². The molecule has 0 aliphatic rings. The topological polar surface area (TPSA) is 69.6 Å². The summed E-state index contributed by atoms with van der Waals surface area (Å²) in [4.78, 5) is 24.7. The van der Waals surface area contributed by atoms with Crippen LogP contribution in [0.5, 0.6) is 0 Å².